The Kier molecular flexibility index (Phi) is 5.26. The fourth-order valence-electron chi connectivity index (χ4n) is 3.99. The summed E-state index contributed by atoms with van der Waals surface area (Å²) < 4.78 is 7.25. The molecule has 1 saturated heterocycles. The Morgan fingerprint density at radius 3 is 2.55 bits per heavy atom. The molecule has 0 radical (unpaired) electrons. The molecule has 1 amide bonds. The van der Waals surface area contributed by atoms with Crippen LogP contribution in [0.3, 0.4) is 0 Å². The summed E-state index contributed by atoms with van der Waals surface area (Å²) in [4.78, 5) is 23.2. The second kappa shape index (κ2) is 8.38. The molecule has 1 N–H and O–H groups in total. The van der Waals surface area contributed by atoms with Crippen LogP contribution in [0.5, 0.6) is 0 Å². The van der Waals surface area contributed by atoms with Crippen molar-refractivity contribution in [2.24, 2.45) is 0 Å². The second-order valence-electron chi connectivity index (χ2n) is 8.19. The molecule has 166 valence electrons. The highest BCUT2D eigenvalue weighted by atomic mass is 16.6. The van der Waals surface area contributed by atoms with Crippen LogP contribution in [0.4, 0.5) is 16.6 Å². The second-order valence-corrected chi connectivity index (χ2v) is 8.19. The maximum absolute atomic E-state index is 12.7. The third-order valence-corrected chi connectivity index (χ3v) is 5.89. The van der Waals surface area contributed by atoms with Gasteiger partial charge in [0.2, 0.25) is 5.95 Å². The van der Waals surface area contributed by atoms with Crippen LogP contribution < -0.4 is 10.2 Å². The SMILES string of the molecule is C[C@@H](Nc1nccc(N2C(=O)OCC2(C)c2ccccc2)n1)c1cnn(-c2ccccc2)c1. The minimum Gasteiger partial charge on any atom is -0.446 e. The van der Waals surface area contributed by atoms with Crippen LogP contribution >= 0.6 is 0 Å². The first kappa shape index (κ1) is 20.7. The van der Waals surface area contributed by atoms with E-state index < -0.39 is 11.6 Å². The van der Waals surface area contributed by atoms with Crippen molar-refractivity contribution in [2.45, 2.75) is 25.4 Å². The van der Waals surface area contributed by atoms with Crippen molar-refractivity contribution in [3.8, 4) is 5.69 Å². The monoisotopic (exact) mass is 440 g/mol. The number of benzene rings is 2. The van der Waals surface area contributed by atoms with Gasteiger partial charge in [0, 0.05) is 18.0 Å². The molecule has 0 spiro atoms. The number of carbonyl (C=O) groups excluding carboxylic acids is 1. The number of aromatic nitrogens is 4. The summed E-state index contributed by atoms with van der Waals surface area (Å²) in [6.07, 6.45) is 5.00. The van der Waals surface area contributed by atoms with Gasteiger partial charge in [-0.2, -0.15) is 10.1 Å². The summed E-state index contributed by atoms with van der Waals surface area (Å²) in [5.41, 5.74) is 2.29. The summed E-state index contributed by atoms with van der Waals surface area (Å²) in [6.45, 7) is 4.24. The van der Waals surface area contributed by atoms with Crippen molar-refractivity contribution < 1.29 is 9.53 Å². The summed E-state index contributed by atoms with van der Waals surface area (Å²) in [5, 5.41) is 7.77. The van der Waals surface area contributed by atoms with Crippen LogP contribution in [0, 0.1) is 0 Å². The van der Waals surface area contributed by atoms with Gasteiger partial charge in [-0.1, -0.05) is 48.5 Å². The number of hydrogen-bond donors (Lipinski definition) is 1. The number of ether oxygens (including phenoxy) is 1. The largest absolute Gasteiger partial charge is 0.446 e. The average molecular weight is 441 g/mol. The molecule has 33 heavy (non-hydrogen) atoms. The molecule has 8 heteroatoms. The van der Waals surface area contributed by atoms with Crippen molar-refractivity contribution >= 4 is 17.9 Å². The van der Waals surface area contributed by atoms with E-state index in [1.807, 2.05) is 91.6 Å². The Morgan fingerprint density at radius 1 is 1.06 bits per heavy atom. The molecule has 1 aliphatic rings. The van der Waals surface area contributed by atoms with E-state index in [0.29, 0.717) is 11.8 Å². The van der Waals surface area contributed by atoms with Crippen LogP contribution in [0.1, 0.15) is 31.0 Å². The predicted molar refractivity (Wildman–Crippen MR) is 125 cm³/mol. The molecular formula is C25H24N6O2. The topological polar surface area (TPSA) is 85.2 Å². The Morgan fingerprint density at radius 2 is 1.79 bits per heavy atom. The Hall–Kier alpha value is -4.20. The molecule has 2 atom stereocenters. The van der Waals surface area contributed by atoms with Crippen molar-refractivity contribution in [1.29, 1.82) is 0 Å². The number of carbonyl (C=O) groups is 1. The fraction of sp³-hybridized carbons (Fsp3) is 0.200. The first-order chi connectivity index (χ1) is 16.0. The minimum absolute atomic E-state index is 0.0938. The first-order valence-electron chi connectivity index (χ1n) is 10.8. The lowest BCUT2D eigenvalue weighted by atomic mass is 9.92. The summed E-state index contributed by atoms with van der Waals surface area (Å²) in [7, 11) is 0. The molecule has 0 saturated carbocycles. The normalized spacial score (nSPS) is 18.7. The first-order valence-corrected chi connectivity index (χ1v) is 10.8. The molecule has 4 aromatic rings. The summed E-state index contributed by atoms with van der Waals surface area (Å²) in [5.74, 6) is 0.899. The van der Waals surface area contributed by atoms with Gasteiger partial charge in [0.05, 0.1) is 17.9 Å². The van der Waals surface area contributed by atoms with E-state index in [9.17, 15) is 4.79 Å². The number of hydrogen-bond acceptors (Lipinski definition) is 6. The van der Waals surface area contributed by atoms with E-state index in [2.05, 4.69) is 20.4 Å². The van der Waals surface area contributed by atoms with Gasteiger partial charge >= 0.3 is 6.09 Å². The van der Waals surface area contributed by atoms with Crippen molar-refractivity contribution in [3.63, 3.8) is 0 Å². The van der Waals surface area contributed by atoms with Gasteiger partial charge in [-0.15, -0.1) is 0 Å². The molecule has 3 heterocycles. The molecule has 0 aliphatic carbocycles. The lowest BCUT2D eigenvalue weighted by Gasteiger charge is -2.31. The van der Waals surface area contributed by atoms with Gasteiger partial charge < -0.3 is 10.1 Å². The van der Waals surface area contributed by atoms with Crippen LogP contribution in [-0.2, 0) is 10.3 Å². The number of cyclic esters (lactones) is 1. The highest BCUT2D eigenvalue weighted by molar-refractivity contribution is 5.90. The molecular weight excluding hydrogens is 416 g/mol. The summed E-state index contributed by atoms with van der Waals surface area (Å²) >= 11 is 0. The molecule has 1 fully saturated rings. The zero-order valence-corrected chi connectivity index (χ0v) is 18.4. The van der Waals surface area contributed by atoms with Gasteiger partial charge in [-0.05, 0) is 37.6 Å². The van der Waals surface area contributed by atoms with Crippen molar-refractivity contribution in [1.82, 2.24) is 19.7 Å². The number of amides is 1. The average Bonchev–Trinajstić information content (AvgIpc) is 3.46. The van der Waals surface area contributed by atoms with Crippen molar-refractivity contribution in [2.75, 3.05) is 16.8 Å². The van der Waals surface area contributed by atoms with E-state index in [4.69, 9.17) is 4.74 Å². The molecule has 0 bridgehead atoms. The van der Waals surface area contributed by atoms with Crippen LogP contribution in [0.25, 0.3) is 5.69 Å². The number of para-hydroxylation sites is 1. The zero-order chi connectivity index (χ0) is 22.8. The van der Waals surface area contributed by atoms with E-state index in [1.165, 1.54) is 0 Å². The molecule has 1 aliphatic heterocycles. The number of rotatable bonds is 6. The molecule has 2 aromatic heterocycles. The Labute approximate surface area is 191 Å². The highest BCUT2D eigenvalue weighted by Crippen LogP contribution is 2.37. The quantitative estimate of drug-likeness (QED) is 0.468. The fourth-order valence-corrected chi connectivity index (χ4v) is 3.99. The van der Waals surface area contributed by atoms with E-state index in [-0.39, 0.29) is 12.6 Å². The molecule has 1 unspecified atom stereocenters. The maximum atomic E-state index is 12.7. The number of nitrogens with one attached hydrogen (secondary N) is 1. The number of anilines is 2. The molecule has 2 aromatic carbocycles. The standard InChI is InChI=1S/C25H24N6O2/c1-18(19-15-27-30(16-19)21-11-7-4-8-12-21)28-23-26-14-13-22(29-23)31-24(32)33-17-25(31,2)20-9-5-3-6-10-20/h3-16,18H,17H2,1-2H3,(H,26,28,29)/t18-,25?/m1/s1. The third-order valence-electron chi connectivity index (χ3n) is 5.89. The molecule has 5 rings (SSSR count). The summed E-state index contributed by atoms with van der Waals surface area (Å²) in [6, 6.07) is 21.4. The van der Waals surface area contributed by atoms with E-state index >= 15 is 0 Å². The maximum Gasteiger partial charge on any atom is 0.416 e. The Balaban J connectivity index is 1.38. The van der Waals surface area contributed by atoms with Crippen LogP contribution in [0.15, 0.2) is 85.3 Å². The van der Waals surface area contributed by atoms with Gasteiger partial charge in [-0.25, -0.2) is 19.4 Å². The smallest absolute Gasteiger partial charge is 0.416 e. The predicted octanol–water partition coefficient (Wildman–Crippen LogP) is 4.71. The lowest BCUT2D eigenvalue weighted by molar-refractivity contribution is 0.174. The number of nitrogens with zero attached hydrogens (tertiary/aromatic N) is 5. The zero-order valence-electron chi connectivity index (χ0n) is 18.4. The van der Waals surface area contributed by atoms with Gasteiger partial charge in [0.25, 0.3) is 0 Å². The van der Waals surface area contributed by atoms with Gasteiger partial charge in [0.15, 0.2) is 0 Å². The molecule has 8 nitrogen and oxygen atoms in total. The highest BCUT2D eigenvalue weighted by Gasteiger charge is 2.46. The Bertz CT molecular complexity index is 1260. The van der Waals surface area contributed by atoms with Gasteiger partial charge in [-0.3, -0.25) is 0 Å². The van der Waals surface area contributed by atoms with Crippen LogP contribution in [-0.4, -0.2) is 32.4 Å². The van der Waals surface area contributed by atoms with Crippen molar-refractivity contribution in [3.05, 3.63) is 96.4 Å². The van der Waals surface area contributed by atoms with E-state index in [1.54, 1.807) is 17.2 Å². The van der Waals surface area contributed by atoms with Gasteiger partial charge in [0.1, 0.15) is 18.0 Å². The lowest BCUT2D eigenvalue weighted by Crippen LogP contribution is -2.42. The minimum atomic E-state index is -0.660. The van der Waals surface area contributed by atoms with Crippen LogP contribution in [0.2, 0.25) is 0 Å². The third kappa shape index (κ3) is 3.91. The van der Waals surface area contributed by atoms with E-state index in [0.717, 1.165) is 16.8 Å².